The fourth-order valence-corrected chi connectivity index (χ4v) is 3.78. The van der Waals surface area contributed by atoms with Gasteiger partial charge in [-0.3, -0.25) is 24.6 Å². The molecule has 0 radical (unpaired) electrons. The Morgan fingerprint density at radius 1 is 1.11 bits per heavy atom. The van der Waals surface area contributed by atoms with Crippen molar-refractivity contribution in [2.75, 3.05) is 57.3 Å². The molecular weight excluding hydrogens is 362 g/mol. The van der Waals surface area contributed by atoms with E-state index in [1.54, 1.807) is 17.0 Å². The fourth-order valence-electron chi connectivity index (χ4n) is 3.78. The topological polar surface area (TPSA) is 99.0 Å². The third-order valence-electron chi connectivity index (χ3n) is 5.27. The van der Waals surface area contributed by atoms with Gasteiger partial charge in [-0.15, -0.1) is 0 Å². The Balaban J connectivity index is 1.65. The van der Waals surface area contributed by atoms with Gasteiger partial charge in [0.25, 0.3) is 11.6 Å². The molecule has 9 nitrogen and oxygen atoms in total. The molecule has 2 aliphatic rings. The van der Waals surface area contributed by atoms with E-state index in [1.165, 1.54) is 6.07 Å². The van der Waals surface area contributed by atoms with Crippen LogP contribution in [0.25, 0.3) is 0 Å². The zero-order valence-electron chi connectivity index (χ0n) is 16.2. The summed E-state index contributed by atoms with van der Waals surface area (Å²) >= 11 is 0. The van der Waals surface area contributed by atoms with Gasteiger partial charge in [0, 0.05) is 57.4 Å². The van der Waals surface area contributed by atoms with Gasteiger partial charge < -0.3 is 15.1 Å². The summed E-state index contributed by atoms with van der Waals surface area (Å²) in [5, 5.41) is 14.3. The molecule has 1 N–H and O–H groups in total. The van der Waals surface area contributed by atoms with Gasteiger partial charge >= 0.3 is 0 Å². The molecule has 0 aliphatic carbocycles. The Morgan fingerprint density at radius 2 is 1.79 bits per heavy atom. The van der Waals surface area contributed by atoms with E-state index >= 15 is 0 Å². The molecule has 9 heteroatoms. The predicted octanol–water partition coefficient (Wildman–Crippen LogP) is 1.09. The van der Waals surface area contributed by atoms with Crippen LogP contribution in [-0.2, 0) is 4.79 Å². The van der Waals surface area contributed by atoms with Gasteiger partial charge in [-0.2, -0.15) is 0 Å². The Hall–Kier alpha value is -2.68. The molecule has 0 aromatic heterocycles. The van der Waals surface area contributed by atoms with E-state index in [9.17, 15) is 19.7 Å². The number of likely N-dealkylation sites (N-methyl/N-ethyl adjacent to an activating group) is 1. The molecule has 0 atom stereocenters. The molecule has 0 bridgehead atoms. The molecule has 2 fully saturated rings. The van der Waals surface area contributed by atoms with Crippen molar-refractivity contribution >= 4 is 23.2 Å². The summed E-state index contributed by atoms with van der Waals surface area (Å²) in [5.41, 5.74) is 0.917. The highest BCUT2D eigenvalue weighted by Crippen LogP contribution is 2.32. The van der Waals surface area contributed by atoms with Crippen LogP contribution in [0.3, 0.4) is 0 Å². The molecule has 0 spiro atoms. The first kappa shape index (κ1) is 20.1. The lowest BCUT2D eigenvalue weighted by atomic mass is 10.1. The van der Waals surface area contributed by atoms with E-state index in [2.05, 4.69) is 5.32 Å². The number of anilines is 1. The maximum Gasteiger partial charge on any atom is 0.293 e. The minimum absolute atomic E-state index is 0.0115. The molecule has 3 rings (SSSR count). The van der Waals surface area contributed by atoms with E-state index < -0.39 is 4.92 Å². The third kappa shape index (κ3) is 4.59. The number of nitro benzene ring substituents is 1. The van der Waals surface area contributed by atoms with Crippen molar-refractivity contribution in [2.24, 2.45) is 0 Å². The Morgan fingerprint density at radius 3 is 2.39 bits per heavy atom. The van der Waals surface area contributed by atoms with Crippen LogP contribution in [0.4, 0.5) is 11.4 Å². The van der Waals surface area contributed by atoms with E-state index in [1.807, 2.05) is 16.7 Å². The lowest BCUT2D eigenvalue weighted by molar-refractivity contribution is -0.384. The number of benzene rings is 1. The van der Waals surface area contributed by atoms with Crippen molar-refractivity contribution in [2.45, 2.75) is 19.8 Å². The Kier molecular flexibility index (Phi) is 6.45. The zero-order chi connectivity index (χ0) is 20.1. The van der Waals surface area contributed by atoms with Crippen molar-refractivity contribution < 1.29 is 14.5 Å². The van der Waals surface area contributed by atoms with E-state index in [0.717, 1.165) is 25.9 Å². The largest absolute Gasteiger partial charge is 0.366 e. The number of nitro groups is 1. The number of piperazine rings is 1. The zero-order valence-corrected chi connectivity index (χ0v) is 16.2. The number of carbonyl (C=O) groups excluding carboxylic acids is 2. The molecule has 0 unspecified atom stereocenters. The smallest absolute Gasteiger partial charge is 0.293 e. The first-order chi connectivity index (χ1) is 13.5. The second-order valence-electron chi connectivity index (χ2n) is 7.18. The summed E-state index contributed by atoms with van der Waals surface area (Å²) in [6.45, 7) is 6.63. The van der Waals surface area contributed by atoms with Crippen LogP contribution in [0.5, 0.6) is 0 Å². The van der Waals surface area contributed by atoms with Crippen molar-refractivity contribution in [3.05, 3.63) is 33.9 Å². The molecular formula is C19H27N5O4. The minimum Gasteiger partial charge on any atom is -0.366 e. The average molecular weight is 389 g/mol. The highest BCUT2D eigenvalue weighted by molar-refractivity contribution is 5.96. The maximum atomic E-state index is 12.8. The summed E-state index contributed by atoms with van der Waals surface area (Å²) in [6, 6.07) is 4.78. The van der Waals surface area contributed by atoms with Crippen LogP contribution in [-0.4, -0.2) is 78.9 Å². The fraction of sp³-hybridized carbons (Fsp3) is 0.579. The van der Waals surface area contributed by atoms with Crippen molar-refractivity contribution in [3.63, 3.8) is 0 Å². The number of nitrogens with zero attached hydrogens (tertiary/aromatic N) is 4. The van der Waals surface area contributed by atoms with Crippen LogP contribution in [0.15, 0.2) is 18.2 Å². The molecule has 0 saturated carbocycles. The normalized spacial score (nSPS) is 17.6. The summed E-state index contributed by atoms with van der Waals surface area (Å²) in [7, 11) is 0. The van der Waals surface area contributed by atoms with E-state index in [4.69, 9.17) is 0 Å². The molecule has 152 valence electrons. The van der Waals surface area contributed by atoms with Gasteiger partial charge in [-0.1, -0.05) is 0 Å². The van der Waals surface area contributed by atoms with Gasteiger partial charge in [0.2, 0.25) is 5.91 Å². The van der Waals surface area contributed by atoms with Crippen LogP contribution in [0, 0.1) is 10.1 Å². The summed E-state index contributed by atoms with van der Waals surface area (Å²) in [4.78, 5) is 41.4. The molecule has 2 heterocycles. The van der Waals surface area contributed by atoms with E-state index in [0.29, 0.717) is 50.5 Å². The van der Waals surface area contributed by atoms with Crippen molar-refractivity contribution in [3.8, 4) is 0 Å². The Bertz CT molecular complexity index is 740. The van der Waals surface area contributed by atoms with Crippen LogP contribution < -0.4 is 10.2 Å². The molecule has 28 heavy (non-hydrogen) atoms. The van der Waals surface area contributed by atoms with Crippen molar-refractivity contribution in [1.82, 2.24) is 15.1 Å². The second-order valence-corrected chi connectivity index (χ2v) is 7.18. The van der Waals surface area contributed by atoms with E-state index in [-0.39, 0.29) is 17.5 Å². The van der Waals surface area contributed by atoms with Crippen LogP contribution in [0.2, 0.25) is 0 Å². The monoisotopic (exact) mass is 389 g/mol. The van der Waals surface area contributed by atoms with Gasteiger partial charge in [0.05, 0.1) is 11.5 Å². The molecule has 1 aromatic carbocycles. The second kappa shape index (κ2) is 9.01. The van der Waals surface area contributed by atoms with Crippen molar-refractivity contribution in [1.29, 1.82) is 0 Å². The molecule has 2 aliphatic heterocycles. The first-order valence-corrected chi connectivity index (χ1v) is 9.81. The van der Waals surface area contributed by atoms with Gasteiger partial charge in [0.1, 0.15) is 5.69 Å². The third-order valence-corrected chi connectivity index (χ3v) is 5.27. The standard InChI is InChI=1S/C19H27N5O4/c1-2-20-18(25)14-21-9-11-23(12-10-21)19(26)15-5-6-16(17(13-15)24(27)28)22-7-3-4-8-22/h5-6,13H,2-4,7-12,14H2,1H3,(H,20,25). The van der Waals surface area contributed by atoms with Crippen LogP contribution in [0.1, 0.15) is 30.1 Å². The SMILES string of the molecule is CCNC(=O)CN1CCN(C(=O)c2ccc(N3CCCC3)c([N+](=O)[O-])c2)CC1. The number of carbonyl (C=O) groups is 2. The number of hydrogen-bond acceptors (Lipinski definition) is 6. The lowest BCUT2D eigenvalue weighted by Crippen LogP contribution is -2.51. The highest BCUT2D eigenvalue weighted by atomic mass is 16.6. The minimum atomic E-state index is -0.408. The number of hydrogen-bond donors (Lipinski definition) is 1. The van der Waals surface area contributed by atoms with Gasteiger partial charge in [0.15, 0.2) is 0 Å². The molecule has 2 saturated heterocycles. The molecule has 1 aromatic rings. The maximum absolute atomic E-state index is 12.8. The number of nitrogens with one attached hydrogen (secondary N) is 1. The number of rotatable bonds is 6. The van der Waals surface area contributed by atoms with Crippen LogP contribution >= 0.6 is 0 Å². The van der Waals surface area contributed by atoms with Gasteiger partial charge in [-0.05, 0) is 31.9 Å². The summed E-state index contributed by atoms with van der Waals surface area (Å²) < 4.78 is 0. The molecule has 2 amide bonds. The highest BCUT2D eigenvalue weighted by Gasteiger charge is 2.27. The lowest BCUT2D eigenvalue weighted by Gasteiger charge is -2.34. The quantitative estimate of drug-likeness (QED) is 0.578. The average Bonchev–Trinajstić information content (AvgIpc) is 3.22. The first-order valence-electron chi connectivity index (χ1n) is 9.81. The summed E-state index contributed by atoms with van der Waals surface area (Å²) in [6.07, 6.45) is 2.05. The van der Waals surface area contributed by atoms with Gasteiger partial charge in [-0.25, -0.2) is 0 Å². The summed E-state index contributed by atoms with van der Waals surface area (Å²) in [5.74, 6) is -0.218. The predicted molar refractivity (Wildman–Crippen MR) is 106 cm³/mol. The Labute approximate surface area is 164 Å². The number of amides is 2.